The van der Waals surface area contributed by atoms with Crippen molar-refractivity contribution in [1.29, 1.82) is 0 Å². The van der Waals surface area contributed by atoms with Gasteiger partial charge in [-0.25, -0.2) is 0 Å². The van der Waals surface area contributed by atoms with Gasteiger partial charge in [0.15, 0.2) is 0 Å². The molecule has 0 N–H and O–H groups in total. The summed E-state index contributed by atoms with van der Waals surface area (Å²) in [6, 6.07) is 15.5. The van der Waals surface area contributed by atoms with E-state index < -0.39 is 0 Å². The summed E-state index contributed by atoms with van der Waals surface area (Å²) in [4.78, 5) is 0. The minimum Gasteiger partial charge on any atom is -0.0622 e. The molecule has 0 aromatic heterocycles. The van der Waals surface area contributed by atoms with Crippen molar-refractivity contribution in [1.82, 2.24) is 0 Å². The molecule has 0 aliphatic carbocycles. The Labute approximate surface area is 130 Å². The van der Waals surface area contributed by atoms with Gasteiger partial charge in [0.2, 0.25) is 0 Å². The van der Waals surface area contributed by atoms with E-state index in [0.29, 0.717) is 0 Å². The summed E-state index contributed by atoms with van der Waals surface area (Å²) in [6.45, 7) is 16.0. The van der Waals surface area contributed by atoms with Crippen LogP contribution in [0.2, 0.25) is 0 Å². The van der Waals surface area contributed by atoms with E-state index in [2.05, 4.69) is 90.9 Å². The Morgan fingerprint density at radius 1 is 0.714 bits per heavy atom. The average molecular weight is 280 g/mol. The number of hydrogen-bond donors (Lipinski definition) is 0. The molecular weight excluding hydrogens is 252 g/mol. The third-order valence-electron chi connectivity index (χ3n) is 4.07. The molecule has 0 saturated carbocycles. The summed E-state index contributed by atoms with van der Waals surface area (Å²) in [7, 11) is 0. The number of benzene rings is 2. The molecule has 0 heterocycles. The molecule has 0 saturated heterocycles. The first-order chi connectivity index (χ1) is 9.60. The lowest BCUT2D eigenvalue weighted by Crippen LogP contribution is -2.18. The molecule has 0 atom stereocenters. The minimum absolute atomic E-state index is 0.136. The van der Waals surface area contributed by atoms with Crippen LogP contribution in [-0.4, -0.2) is 0 Å². The van der Waals surface area contributed by atoms with Gasteiger partial charge >= 0.3 is 0 Å². The third kappa shape index (κ3) is 3.37. The van der Waals surface area contributed by atoms with Crippen molar-refractivity contribution < 1.29 is 0 Å². The highest BCUT2D eigenvalue weighted by Crippen LogP contribution is 2.38. The highest BCUT2D eigenvalue weighted by Gasteiger charge is 2.24. The second-order valence-electron chi connectivity index (χ2n) is 8.08. The molecular formula is C21H28. The predicted octanol–water partition coefficient (Wildman–Crippen LogP) is 6.26. The lowest BCUT2D eigenvalue weighted by Gasteiger charge is -2.29. The van der Waals surface area contributed by atoms with Gasteiger partial charge in [0.1, 0.15) is 0 Å². The van der Waals surface area contributed by atoms with Crippen molar-refractivity contribution in [3.05, 3.63) is 59.2 Å². The van der Waals surface area contributed by atoms with E-state index in [9.17, 15) is 0 Å². The van der Waals surface area contributed by atoms with Gasteiger partial charge in [-0.1, -0.05) is 84.0 Å². The van der Waals surface area contributed by atoms with Crippen molar-refractivity contribution in [2.75, 3.05) is 0 Å². The van der Waals surface area contributed by atoms with Crippen LogP contribution in [0.1, 0.15) is 58.2 Å². The Bertz CT molecular complexity index is 620. The summed E-state index contributed by atoms with van der Waals surface area (Å²) >= 11 is 0. The van der Waals surface area contributed by atoms with Crippen molar-refractivity contribution in [2.24, 2.45) is 0 Å². The quantitative estimate of drug-likeness (QED) is 0.578. The molecule has 0 spiro atoms. The van der Waals surface area contributed by atoms with Crippen molar-refractivity contribution in [2.45, 2.75) is 59.3 Å². The van der Waals surface area contributed by atoms with Gasteiger partial charge in [-0.2, -0.15) is 0 Å². The number of hydrogen-bond acceptors (Lipinski definition) is 0. The summed E-state index contributed by atoms with van der Waals surface area (Å²) in [6.07, 6.45) is 0. The first-order valence-corrected chi connectivity index (χ1v) is 7.82. The van der Waals surface area contributed by atoms with Crippen LogP contribution in [0.25, 0.3) is 11.1 Å². The topological polar surface area (TPSA) is 0 Å². The molecule has 0 unspecified atom stereocenters. The van der Waals surface area contributed by atoms with Crippen LogP contribution in [0.5, 0.6) is 0 Å². The van der Waals surface area contributed by atoms with E-state index in [1.165, 1.54) is 27.8 Å². The lowest BCUT2D eigenvalue weighted by molar-refractivity contribution is 0.569. The lowest BCUT2D eigenvalue weighted by atomic mass is 9.75. The highest BCUT2D eigenvalue weighted by molar-refractivity contribution is 5.73. The third-order valence-corrected chi connectivity index (χ3v) is 4.07. The van der Waals surface area contributed by atoms with E-state index in [1.807, 2.05) is 0 Å². The van der Waals surface area contributed by atoms with E-state index in [4.69, 9.17) is 0 Å². The van der Waals surface area contributed by atoms with Crippen LogP contribution in [0.4, 0.5) is 0 Å². The first-order valence-electron chi connectivity index (χ1n) is 7.82. The molecule has 0 nitrogen and oxygen atoms in total. The maximum absolute atomic E-state index is 2.41. The zero-order valence-electron chi connectivity index (χ0n) is 14.5. The average Bonchev–Trinajstić information content (AvgIpc) is 2.36. The van der Waals surface area contributed by atoms with Gasteiger partial charge in [0, 0.05) is 0 Å². The second-order valence-corrected chi connectivity index (χ2v) is 8.08. The van der Waals surface area contributed by atoms with Crippen LogP contribution in [0.15, 0.2) is 42.5 Å². The standard InChI is InChI=1S/C21H28/c1-15-13-17(20(2,3)4)14-18(21(5,6)7)19(15)16-11-9-8-10-12-16/h8-14H,1-7H3. The molecule has 0 heteroatoms. The molecule has 112 valence electrons. The van der Waals surface area contributed by atoms with Crippen molar-refractivity contribution in [3.63, 3.8) is 0 Å². The Morgan fingerprint density at radius 2 is 1.29 bits per heavy atom. The molecule has 0 bridgehead atoms. The van der Waals surface area contributed by atoms with Gasteiger partial charge < -0.3 is 0 Å². The van der Waals surface area contributed by atoms with Crippen molar-refractivity contribution >= 4 is 0 Å². The summed E-state index contributed by atoms with van der Waals surface area (Å²) in [5, 5.41) is 0. The van der Waals surface area contributed by atoms with Crippen LogP contribution in [0.3, 0.4) is 0 Å². The summed E-state index contributed by atoms with van der Waals surface area (Å²) < 4.78 is 0. The normalized spacial score (nSPS) is 12.5. The molecule has 21 heavy (non-hydrogen) atoms. The number of aryl methyl sites for hydroxylation is 1. The van der Waals surface area contributed by atoms with Crippen LogP contribution in [0, 0.1) is 6.92 Å². The zero-order valence-corrected chi connectivity index (χ0v) is 14.5. The molecule has 0 fully saturated rings. The Morgan fingerprint density at radius 3 is 1.76 bits per heavy atom. The number of rotatable bonds is 1. The molecule has 0 aliphatic heterocycles. The van der Waals surface area contributed by atoms with E-state index >= 15 is 0 Å². The monoisotopic (exact) mass is 280 g/mol. The maximum Gasteiger partial charge on any atom is -0.0117 e. The fourth-order valence-corrected chi connectivity index (χ4v) is 2.80. The fourth-order valence-electron chi connectivity index (χ4n) is 2.80. The summed E-state index contributed by atoms with van der Waals surface area (Å²) in [5.74, 6) is 0. The zero-order chi connectivity index (χ0) is 15.8. The van der Waals surface area contributed by atoms with Gasteiger partial charge in [-0.3, -0.25) is 0 Å². The Hall–Kier alpha value is -1.56. The molecule has 0 amide bonds. The Kier molecular flexibility index (Phi) is 4.02. The van der Waals surface area contributed by atoms with Crippen LogP contribution >= 0.6 is 0 Å². The van der Waals surface area contributed by atoms with Gasteiger partial charge in [0.25, 0.3) is 0 Å². The largest absolute Gasteiger partial charge is 0.0622 e. The fraction of sp³-hybridized carbons (Fsp3) is 0.429. The van der Waals surface area contributed by atoms with Crippen molar-refractivity contribution in [3.8, 4) is 11.1 Å². The molecule has 2 aromatic carbocycles. The minimum atomic E-state index is 0.136. The second kappa shape index (κ2) is 5.33. The predicted molar refractivity (Wildman–Crippen MR) is 94.0 cm³/mol. The smallest absolute Gasteiger partial charge is 0.0117 e. The molecule has 0 radical (unpaired) electrons. The van der Waals surface area contributed by atoms with Gasteiger partial charge in [0.05, 0.1) is 0 Å². The van der Waals surface area contributed by atoms with E-state index in [1.54, 1.807) is 0 Å². The molecule has 0 aliphatic rings. The summed E-state index contributed by atoms with van der Waals surface area (Å²) in [5.41, 5.74) is 7.27. The van der Waals surface area contributed by atoms with E-state index in [-0.39, 0.29) is 10.8 Å². The van der Waals surface area contributed by atoms with Gasteiger partial charge in [-0.05, 0) is 45.6 Å². The van der Waals surface area contributed by atoms with Crippen LogP contribution < -0.4 is 0 Å². The van der Waals surface area contributed by atoms with Gasteiger partial charge in [-0.15, -0.1) is 0 Å². The molecule has 2 rings (SSSR count). The maximum atomic E-state index is 2.41. The SMILES string of the molecule is Cc1cc(C(C)(C)C)cc(C(C)(C)C)c1-c1ccccc1. The highest BCUT2D eigenvalue weighted by atomic mass is 14.3. The van der Waals surface area contributed by atoms with Crippen LogP contribution in [-0.2, 0) is 10.8 Å². The first kappa shape index (κ1) is 15.8. The Balaban J connectivity index is 2.77. The molecule has 2 aromatic rings. The van der Waals surface area contributed by atoms with E-state index in [0.717, 1.165) is 0 Å².